The molecule has 3 atom stereocenters. The lowest BCUT2D eigenvalue weighted by Crippen LogP contribution is -2.63. The van der Waals surface area contributed by atoms with Crippen LogP contribution in [0.15, 0.2) is 35.2 Å². The molecular formula is C16H24N2O2S. The number of hydrogen-bond acceptors (Lipinski definition) is 4. The number of benzene rings is 1. The summed E-state index contributed by atoms with van der Waals surface area (Å²) in [7, 11) is -1.12. The second-order valence-corrected chi connectivity index (χ2v) is 8.31. The molecule has 0 amide bonds. The molecule has 1 aliphatic carbocycles. The maximum Gasteiger partial charge on any atom is 0.179 e. The number of rotatable bonds is 3. The molecule has 0 spiro atoms. The molecule has 2 fully saturated rings. The average molecular weight is 308 g/mol. The van der Waals surface area contributed by atoms with E-state index in [0.717, 1.165) is 6.54 Å². The molecule has 1 aliphatic heterocycles. The first kappa shape index (κ1) is 15.0. The SMILES string of the molecule is CN1[C@H](CS(=O)(=O)c2ccccc2)CN[C@H]2CCCC[C@@H]21. The van der Waals surface area contributed by atoms with Crippen LogP contribution < -0.4 is 5.32 Å². The van der Waals surface area contributed by atoms with Crippen molar-refractivity contribution in [3.05, 3.63) is 30.3 Å². The zero-order chi connectivity index (χ0) is 14.9. The van der Waals surface area contributed by atoms with E-state index in [-0.39, 0.29) is 11.8 Å². The highest BCUT2D eigenvalue weighted by Gasteiger charge is 2.37. The van der Waals surface area contributed by atoms with Crippen LogP contribution in [0.5, 0.6) is 0 Å². The Morgan fingerprint density at radius 3 is 2.67 bits per heavy atom. The molecule has 21 heavy (non-hydrogen) atoms. The normalized spacial score (nSPS) is 30.8. The molecule has 0 radical (unpaired) electrons. The molecule has 1 aromatic carbocycles. The van der Waals surface area contributed by atoms with E-state index in [1.54, 1.807) is 24.3 Å². The Morgan fingerprint density at radius 1 is 1.19 bits per heavy atom. The van der Waals surface area contributed by atoms with Gasteiger partial charge >= 0.3 is 0 Å². The van der Waals surface area contributed by atoms with Crippen LogP contribution in [-0.4, -0.2) is 50.8 Å². The Hall–Kier alpha value is -0.910. The molecule has 1 heterocycles. The summed E-state index contributed by atoms with van der Waals surface area (Å²) in [5.74, 6) is 0.198. The molecule has 116 valence electrons. The largest absolute Gasteiger partial charge is 0.311 e. The van der Waals surface area contributed by atoms with Crippen LogP contribution in [0.1, 0.15) is 25.7 Å². The Morgan fingerprint density at radius 2 is 1.90 bits per heavy atom. The van der Waals surface area contributed by atoms with Gasteiger partial charge in [0.05, 0.1) is 10.6 Å². The van der Waals surface area contributed by atoms with E-state index < -0.39 is 9.84 Å². The third-order valence-electron chi connectivity index (χ3n) is 4.96. The van der Waals surface area contributed by atoms with E-state index in [1.165, 1.54) is 25.7 Å². The van der Waals surface area contributed by atoms with Crippen LogP contribution >= 0.6 is 0 Å². The van der Waals surface area contributed by atoms with E-state index in [4.69, 9.17) is 0 Å². The highest BCUT2D eigenvalue weighted by Crippen LogP contribution is 2.27. The number of piperazine rings is 1. The fourth-order valence-corrected chi connectivity index (χ4v) is 5.32. The van der Waals surface area contributed by atoms with E-state index in [2.05, 4.69) is 17.3 Å². The smallest absolute Gasteiger partial charge is 0.179 e. The van der Waals surface area contributed by atoms with Crippen molar-refractivity contribution in [1.29, 1.82) is 0 Å². The summed E-state index contributed by atoms with van der Waals surface area (Å²) in [5.41, 5.74) is 0. The Bertz CT molecular complexity index is 573. The van der Waals surface area contributed by atoms with Crippen molar-refractivity contribution < 1.29 is 8.42 Å². The van der Waals surface area contributed by atoms with Crippen molar-refractivity contribution in [1.82, 2.24) is 10.2 Å². The van der Waals surface area contributed by atoms with Crippen LogP contribution in [0, 0.1) is 0 Å². The minimum Gasteiger partial charge on any atom is -0.311 e. The first-order chi connectivity index (χ1) is 10.1. The molecule has 1 N–H and O–H groups in total. The lowest BCUT2D eigenvalue weighted by atomic mass is 9.87. The van der Waals surface area contributed by atoms with Gasteiger partial charge in [-0.15, -0.1) is 0 Å². The number of hydrogen-bond donors (Lipinski definition) is 1. The van der Waals surface area contributed by atoms with E-state index in [9.17, 15) is 8.42 Å². The second kappa shape index (κ2) is 6.07. The summed E-state index contributed by atoms with van der Waals surface area (Å²) in [5, 5.41) is 3.57. The summed E-state index contributed by atoms with van der Waals surface area (Å²) in [6.07, 6.45) is 4.93. The summed E-state index contributed by atoms with van der Waals surface area (Å²) < 4.78 is 25.1. The number of sulfone groups is 1. The van der Waals surface area contributed by atoms with Crippen LogP contribution in [-0.2, 0) is 9.84 Å². The Labute approximate surface area is 127 Å². The summed E-state index contributed by atoms with van der Waals surface area (Å²) in [4.78, 5) is 2.74. The van der Waals surface area contributed by atoms with Gasteiger partial charge in [0.15, 0.2) is 9.84 Å². The van der Waals surface area contributed by atoms with Gasteiger partial charge in [-0.2, -0.15) is 0 Å². The lowest BCUT2D eigenvalue weighted by molar-refractivity contribution is 0.0733. The van der Waals surface area contributed by atoms with Gasteiger partial charge in [-0.05, 0) is 32.0 Å². The van der Waals surface area contributed by atoms with Gasteiger partial charge in [-0.1, -0.05) is 31.0 Å². The lowest BCUT2D eigenvalue weighted by Gasteiger charge is -2.47. The number of nitrogens with zero attached hydrogens (tertiary/aromatic N) is 1. The van der Waals surface area contributed by atoms with Gasteiger partial charge < -0.3 is 5.32 Å². The average Bonchev–Trinajstić information content (AvgIpc) is 2.51. The van der Waals surface area contributed by atoms with Gasteiger partial charge in [0.25, 0.3) is 0 Å². The molecule has 2 aliphatic rings. The van der Waals surface area contributed by atoms with Crippen LogP contribution in [0.2, 0.25) is 0 Å². The van der Waals surface area contributed by atoms with E-state index >= 15 is 0 Å². The predicted molar refractivity (Wildman–Crippen MR) is 84.1 cm³/mol. The molecule has 0 unspecified atom stereocenters. The highest BCUT2D eigenvalue weighted by atomic mass is 32.2. The fraction of sp³-hybridized carbons (Fsp3) is 0.625. The molecule has 3 rings (SSSR count). The zero-order valence-electron chi connectivity index (χ0n) is 12.5. The van der Waals surface area contributed by atoms with Gasteiger partial charge in [0, 0.05) is 24.7 Å². The zero-order valence-corrected chi connectivity index (χ0v) is 13.3. The van der Waals surface area contributed by atoms with Crippen LogP contribution in [0.3, 0.4) is 0 Å². The summed E-state index contributed by atoms with van der Waals surface area (Å²) in [6.45, 7) is 0.768. The quantitative estimate of drug-likeness (QED) is 0.923. The number of nitrogens with one attached hydrogen (secondary N) is 1. The maximum atomic E-state index is 12.6. The van der Waals surface area contributed by atoms with Crippen molar-refractivity contribution in [2.75, 3.05) is 19.3 Å². The topological polar surface area (TPSA) is 49.4 Å². The minimum atomic E-state index is -3.21. The van der Waals surface area contributed by atoms with Crippen molar-refractivity contribution in [2.45, 2.75) is 48.7 Å². The van der Waals surface area contributed by atoms with E-state index in [0.29, 0.717) is 17.0 Å². The molecule has 0 aromatic heterocycles. The predicted octanol–water partition coefficient (Wildman–Crippen LogP) is 1.68. The first-order valence-corrected chi connectivity index (χ1v) is 9.46. The molecule has 5 heteroatoms. The third-order valence-corrected chi connectivity index (χ3v) is 6.77. The standard InChI is InChI=1S/C16H24N2O2S/c1-18-13(11-17-15-9-5-6-10-16(15)18)12-21(19,20)14-7-3-2-4-8-14/h2-4,7-8,13,15-17H,5-6,9-12H2,1H3/t13-,15-,16-/m0/s1. The third kappa shape index (κ3) is 3.15. The Kier molecular flexibility index (Phi) is 4.33. The molecule has 4 nitrogen and oxygen atoms in total. The van der Waals surface area contributed by atoms with Crippen molar-refractivity contribution in [3.63, 3.8) is 0 Å². The van der Waals surface area contributed by atoms with Crippen molar-refractivity contribution in [2.24, 2.45) is 0 Å². The second-order valence-electron chi connectivity index (χ2n) is 6.28. The van der Waals surface area contributed by atoms with Crippen molar-refractivity contribution >= 4 is 9.84 Å². The first-order valence-electron chi connectivity index (χ1n) is 7.81. The highest BCUT2D eigenvalue weighted by molar-refractivity contribution is 7.91. The minimum absolute atomic E-state index is 0.0644. The molecule has 0 bridgehead atoms. The Balaban J connectivity index is 1.73. The fourth-order valence-electron chi connectivity index (χ4n) is 3.69. The van der Waals surface area contributed by atoms with Gasteiger partial charge in [-0.25, -0.2) is 8.42 Å². The maximum absolute atomic E-state index is 12.6. The number of likely N-dealkylation sites (N-methyl/N-ethyl adjacent to an activating group) is 1. The molecular weight excluding hydrogens is 284 g/mol. The van der Waals surface area contributed by atoms with Gasteiger partial charge in [-0.3, -0.25) is 4.90 Å². The summed E-state index contributed by atoms with van der Waals surface area (Å²) >= 11 is 0. The van der Waals surface area contributed by atoms with Gasteiger partial charge in [0.1, 0.15) is 0 Å². The summed E-state index contributed by atoms with van der Waals surface area (Å²) in [6, 6.07) is 9.89. The molecule has 1 saturated heterocycles. The monoisotopic (exact) mass is 308 g/mol. The number of fused-ring (bicyclic) bond motifs is 1. The van der Waals surface area contributed by atoms with E-state index in [1.807, 2.05) is 6.07 Å². The van der Waals surface area contributed by atoms with Crippen molar-refractivity contribution in [3.8, 4) is 0 Å². The van der Waals surface area contributed by atoms with Crippen LogP contribution in [0.4, 0.5) is 0 Å². The van der Waals surface area contributed by atoms with Crippen LogP contribution in [0.25, 0.3) is 0 Å². The molecule has 1 aromatic rings. The van der Waals surface area contributed by atoms with Gasteiger partial charge in [0.2, 0.25) is 0 Å². The molecule has 1 saturated carbocycles.